The summed E-state index contributed by atoms with van der Waals surface area (Å²) in [5.41, 5.74) is 8.62. The normalized spacial score (nSPS) is 16.0. The van der Waals surface area contributed by atoms with E-state index in [0.29, 0.717) is 15.9 Å². The quantitative estimate of drug-likeness (QED) is 0.211. The van der Waals surface area contributed by atoms with Crippen LogP contribution in [0, 0.1) is 0 Å². The number of rotatable bonds is 5. The van der Waals surface area contributed by atoms with E-state index in [4.69, 9.17) is 21.3 Å². The molecule has 2 aliphatic rings. The first-order chi connectivity index (χ1) is 21.6. The molecule has 4 aromatic carbocycles. The Labute approximate surface area is 263 Å². The lowest BCUT2D eigenvalue weighted by Crippen LogP contribution is -2.38. The van der Waals surface area contributed by atoms with Gasteiger partial charge >= 0.3 is 0 Å². The molecular formula is C37H28ClN3O2S. The van der Waals surface area contributed by atoms with Gasteiger partial charge < -0.3 is 9.30 Å². The molecule has 0 bridgehead atoms. The second kappa shape index (κ2) is 10.8. The molecule has 2 aromatic heterocycles. The molecule has 1 aliphatic carbocycles. The number of aryl methyl sites for hydroxylation is 1. The highest BCUT2D eigenvalue weighted by atomic mass is 35.5. The van der Waals surface area contributed by atoms with Crippen LogP contribution in [0.2, 0.25) is 5.02 Å². The molecule has 0 saturated heterocycles. The highest BCUT2D eigenvalue weighted by Crippen LogP contribution is 2.43. The minimum Gasteiger partial charge on any atom is -0.496 e. The summed E-state index contributed by atoms with van der Waals surface area (Å²) in [5.74, 6) is 0.766. The third kappa shape index (κ3) is 4.36. The molecule has 1 aliphatic heterocycles. The number of benzene rings is 4. The largest absolute Gasteiger partial charge is 0.496 e. The number of halogens is 1. The fourth-order valence-corrected chi connectivity index (χ4v) is 7.85. The molecule has 1 atom stereocenters. The lowest BCUT2D eigenvalue weighted by molar-refractivity contribution is 0.402. The number of thiazole rings is 1. The maximum atomic E-state index is 14.4. The van der Waals surface area contributed by atoms with Crippen molar-refractivity contribution in [3.63, 3.8) is 0 Å². The average Bonchev–Trinajstić information content (AvgIpc) is 3.57. The molecule has 3 heterocycles. The Morgan fingerprint density at radius 2 is 1.73 bits per heavy atom. The summed E-state index contributed by atoms with van der Waals surface area (Å²) < 4.78 is 10.6. The molecule has 216 valence electrons. The minimum atomic E-state index is -0.297. The summed E-state index contributed by atoms with van der Waals surface area (Å²) in [7, 11) is 1.69. The van der Waals surface area contributed by atoms with Gasteiger partial charge in [0.15, 0.2) is 4.80 Å². The summed E-state index contributed by atoms with van der Waals surface area (Å²) in [5, 5.41) is 1.82. The Morgan fingerprint density at radius 3 is 2.61 bits per heavy atom. The van der Waals surface area contributed by atoms with Gasteiger partial charge in [-0.05, 0) is 53.8 Å². The smallest absolute Gasteiger partial charge is 0.271 e. The van der Waals surface area contributed by atoms with E-state index in [0.717, 1.165) is 68.0 Å². The van der Waals surface area contributed by atoms with E-state index in [1.807, 2.05) is 65.2 Å². The van der Waals surface area contributed by atoms with Crippen LogP contribution in [-0.2, 0) is 13.0 Å². The van der Waals surface area contributed by atoms with E-state index in [-0.39, 0.29) is 11.6 Å². The SMILES string of the molecule is COc1ccccc1[C@H]1C2=C(N=c3s/c(=C\c4cn(Cc5ccccc5Cl)c5ccccc45)c(=O)n31)c1ccccc1CC2. The maximum Gasteiger partial charge on any atom is 0.271 e. The number of hydrogen-bond acceptors (Lipinski definition) is 4. The van der Waals surface area contributed by atoms with Crippen molar-refractivity contribution in [3.8, 4) is 5.75 Å². The summed E-state index contributed by atoms with van der Waals surface area (Å²) in [6.07, 6.45) is 5.87. The van der Waals surface area contributed by atoms with Crippen LogP contribution in [0.15, 0.2) is 119 Å². The molecule has 0 saturated carbocycles. The highest BCUT2D eigenvalue weighted by molar-refractivity contribution is 7.07. The van der Waals surface area contributed by atoms with Gasteiger partial charge in [0.1, 0.15) is 5.75 Å². The first-order valence-electron chi connectivity index (χ1n) is 14.7. The van der Waals surface area contributed by atoms with E-state index in [1.54, 1.807) is 7.11 Å². The molecule has 6 aromatic rings. The minimum absolute atomic E-state index is 0.0435. The molecule has 0 spiro atoms. The topological polar surface area (TPSA) is 48.5 Å². The molecular weight excluding hydrogens is 586 g/mol. The van der Waals surface area contributed by atoms with Crippen LogP contribution in [-0.4, -0.2) is 16.2 Å². The molecule has 0 unspecified atom stereocenters. The highest BCUT2D eigenvalue weighted by Gasteiger charge is 2.34. The lowest BCUT2D eigenvalue weighted by Gasteiger charge is -2.31. The first-order valence-corrected chi connectivity index (χ1v) is 15.9. The van der Waals surface area contributed by atoms with Crippen LogP contribution in [0.3, 0.4) is 0 Å². The molecule has 0 amide bonds. The molecule has 5 nitrogen and oxygen atoms in total. The Balaban J connectivity index is 1.34. The van der Waals surface area contributed by atoms with E-state index < -0.39 is 0 Å². The molecule has 0 fully saturated rings. The van der Waals surface area contributed by atoms with Crippen LogP contribution in [0.5, 0.6) is 5.75 Å². The summed E-state index contributed by atoms with van der Waals surface area (Å²) in [6, 6.07) is 32.4. The van der Waals surface area contributed by atoms with Gasteiger partial charge in [0.05, 0.1) is 23.4 Å². The second-order valence-corrected chi connectivity index (χ2v) is 12.6. The van der Waals surface area contributed by atoms with Crippen LogP contribution in [0.4, 0.5) is 0 Å². The zero-order valence-corrected chi connectivity index (χ0v) is 25.6. The molecule has 44 heavy (non-hydrogen) atoms. The van der Waals surface area contributed by atoms with Crippen molar-refractivity contribution in [3.05, 3.63) is 161 Å². The van der Waals surface area contributed by atoms with Gasteiger partial charge in [-0.1, -0.05) is 102 Å². The van der Waals surface area contributed by atoms with Crippen molar-refractivity contribution < 1.29 is 4.74 Å². The Hall–Kier alpha value is -4.65. The van der Waals surface area contributed by atoms with E-state index >= 15 is 0 Å². The Kier molecular flexibility index (Phi) is 6.62. The number of aromatic nitrogens is 2. The molecule has 8 rings (SSSR count). The van der Waals surface area contributed by atoms with Crippen molar-refractivity contribution in [2.75, 3.05) is 7.11 Å². The van der Waals surface area contributed by atoms with Crippen LogP contribution >= 0.6 is 22.9 Å². The number of ether oxygens (including phenoxy) is 1. The zero-order chi connectivity index (χ0) is 29.8. The monoisotopic (exact) mass is 613 g/mol. The van der Waals surface area contributed by atoms with Gasteiger partial charge in [-0.15, -0.1) is 0 Å². The summed E-state index contributed by atoms with van der Waals surface area (Å²) in [6.45, 7) is 0.634. The van der Waals surface area contributed by atoms with Crippen molar-refractivity contribution >= 4 is 45.6 Å². The van der Waals surface area contributed by atoms with Crippen LogP contribution in [0.1, 0.15) is 40.3 Å². The lowest BCUT2D eigenvalue weighted by atomic mass is 9.83. The van der Waals surface area contributed by atoms with Gasteiger partial charge in [0.2, 0.25) is 0 Å². The van der Waals surface area contributed by atoms with Gasteiger partial charge in [-0.2, -0.15) is 0 Å². The van der Waals surface area contributed by atoms with Crippen molar-refractivity contribution in [2.45, 2.75) is 25.4 Å². The van der Waals surface area contributed by atoms with E-state index in [1.165, 1.54) is 16.9 Å². The molecule has 7 heteroatoms. The zero-order valence-electron chi connectivity index (χ0n) is 24.0. The van der Waals surface area contributed by atoms with Gasteiger partial charge in [0.25, 0.3) is 5.56 Å². The first kappa shape index (κ1) is 26.9. The average molecular weight is 614 g/mol. The van der Waals surface area contributed by atoms with Crippen LogP contribution in [0.25, 0.3) is 22.7 Å². The third-order valence-corrected chi connectivity index (χ3v) is 10.1. The number of nitrogens with zero attached hydrogens (tertiary/aromatic N) is 3. The van der Waals surface area contributed by atoms with E-state index in [2.05, 4.69) is 53.2 Å². The fourth-order valence-electron chi connectivity index (χ4n) is 6.66. The number of allylic oxidation sites excluding steroid dienone is 1. The maximum absolute atomic E-state index is 14.4. The fraction of sp³-hybridized carbons (Fsp3) is 0.135. The number of fused-ring (bicyclic) bond motifs is 4. The van der Waals surface area contributed by atoms with Crippen molar-refractivity contribution in [2.24, 2.45) is 4.99 Å². The van der Waals surface area contributed by atoms with Gasteiger partial charge in [-0.3, -0.25) is 9.36 Å². The van der Waals surface area contributed by atoms with Crippen molar-refractivity contribution in [1.29, 1.82) is 0 Å². The number of methoxy groups -OCH3 is 1. The van der Waals surface area contributed by atoms with E-state index in [9.17, 15) is 4.79 Å². The van der Waals surface area contributed by atoms with Crippen LogP contribution < -0.4 is 19.6 Å². The second-order valence-electron chi connectivity index (χ2n) is 11.2. The summed E-state index contributed by atoms with van der Waals surface area (Å²) in [4.78, 5) is 20.3. The van der Waals surface area contributed by atoms with Gasteiger partial charge in [0, 0.05) is 45.4 Å². The Morgan fingerprint density at radius 1 is 0.955 bits per heavy atom. The molecule has 0 N–H and O–H groups in total. The Bertz CT molecular complexity index is 2310. The summed E-state index contributed by atoms with van der Waals surface area (Å²) >= 11 is 7.97. The van der Waals surface area contributed by atoms with Crippen molar-refractivity contribution in [1.82, 2.24) is 9.13 Å². The predicted molar refractivity (Wildman–Crippen MR) is 178 cm³/mol. The predicted octanol–water partition coefficient (Wildman–Crippen LogP) is 6.98. The third-order valence-electron chi connectivity index (χ3n) is 8.71. The number of hydrogen-bond donors (Lipinski definition) is 0. The van der Waals surface area contributed by atoms with Gasteiger partial charge in [-0.25, -0.2) is 4.99 Å². The number of para-hydroxylation sites is 2. The standard InChI is InChI=1S/C37H28ClN3O2S/c1-43-32-17-9-6-14-28(32)35-29-19-18-23-10-2-4-13-27(23)34(29)39-37-41(35)36(42)33(44-37)20-25-22-40(31-16-8-5-12-26(25)31)21-24-11-3-7-15-30(24)38/h2-17,20,22,35H,18-19,21H2,1H3/b33-20-/t35-/m0/s1. The molecule has 0 radical (unpaired) electrons.